The van der Waals surface area contributed by atoms with Gasteiger partial charge in [-0.2, -0.15) is 0 Å². The minimum Gasteiger partial charge on any atom is -1.00 e. The van der Waals surface area contributed by atoms with E-state index < -0.39 is 0 Å². The van der Waals surface area contributed by atoms with Gasteiger partial charge in [-0.25, -0.2) is 4.57 Å². The van der Waals surface area contributed by atoms with Crippen LogP contribution in [0.5, 0.6) is 0 Å². The van der Waals surface area contributed by atoms with E-state index in [0.717, 1.165) is 19.4 Å². The molecule has 0 fully saturated rings. The minimum atomic E-state index is -0.201. The summed E-state index contributed by atoms with van der Waals surface area (Å²) in [6, 6.07) is 6.01. The Morgan fingerprint density at radius 1 is 0.850 bits per heavy atom. The van der Waals surface area contributed by atoms with Crippen molar-refractivity contribution < 1.29 is 22.1 Å². The summed E-state index contributed by atoms with van der Waals surface area (Å²) in [6.45, 7) is 2.98. The average molecular weight is 300 g/mol. The Morgan fingerprint density at radius 2 is 1.40 bits per heavy atom. The van der Waals surface area contributed by atoms with Crippen molar-refractivity contribution in [2.45, 2.75) is 77.4 Å². The minimum absolute atomic E-state index is 0. The summed E-state index contributed by atoms with van der Waals surface area (Å²) in [5, 5.41) is 9.95. The van der Waals surface area contributed by atoms with Crippen LogP contribution in [0.25, 0.3) is 0 Å². The molecular weight excluding hydrogens is 270 g/mol. The Balaban J connectivity index is 0.00000361. The Hall–Kier alpha value is -0.600. The maximum absolute atomic E-state index is 9.95. The molecule has 1 atom stereocenters. The lowest BCUT2D eigenvalue weighted by atomic mass is 10.1. The van der Waals surface area contributed by atoms with Gasteiger partial charge < -0.3 is 17.5 Å². The molecule has 0 amide bonds. The lowest BCUT2D eigenvalue weighted by Crippen LogP contribution is -3.00. The summed E-state index contributed by atoms with van der Waals surface area (Å²) >= 11 is 0. The normalized spacial score (nSPS) is 11.9. The molecule has 0 radical (unpaired) electrons. The number of nitrogens with zero attached hydrogens (tertiary/aromatic N) is 1. The SMILES string of the molecule is CCCCCCCCCCC(O)C[n+]1ccccc1.[Cl-]. The third-order valence-electron chi connectivity index (χ3n) is 3.59. The molecule has 1 aromatic heterocycles. The fourth-order valence-corrected chi connectivity index (χ4v) is 2.40. The summed E-state index contributed by atoms with van der Waals surface area (Å²) in [5.74, 6) is 0. The molecule has 1 unspecified atom stereocenters. The molecule has 1 heterocycles. The lowest BCUT2D eigenvalue weighted by molar-refractivity contribution is -0.703. The van der Waals surface area contributed by atoms with Crippen LogP contribution in [-0.2, 0) is 6.54 Å². The fourth-order valence-electron chi connectivity index (χ4n) is 2.40. The van der Waals surface area contributed by atoms with Gasteiger partial charge in [0.25, 0.3) is 0 Å². The second kappa shape index (κ2) is 13.4. The summed E-state index contributed by atoms with van der Waals surface area (Å²) in [4.78, 5) is 0. The number of hydrogen-bond acceptors (Lipinski definition) is 1. The summed E-state index contributed by atoms with van der Waals surface area (Å²) in [6.07, 6.45) is 15.3. The van der Waals surface area contributed by atoms with Gasteiger partial charge >= 0.3 is 0 Å². The second-order valence-electron chi connectivity index (χ2n) is 5.49. The second-order valence-corrected chi connectivity index (χ2v) is 5.49. The molecule has 20 heavy (non-hydrogen) atoms. The molecule has 1 rings (SSSR count). The smallest absolute Gasteiger partial charge is 0.174 e. The van der Waals surface area contributed by atoms with Crippen LogP contribution in [0.15, 0.2) is 30.6 Å². The zero-order valence-corrected chi connectivity index (χ0v) is 13.6. The monoisotopic (exact) mass is 299 g/mol. The van der Waals surface area contributed by atoms with E-state index in [2.05, 4.69) is 11.5 Å². The number of aromatic nitrogens is 1. The van der Waals surface area contributed by atoms with Gasteiger partial charge in [0, 0.05) is 12.1 Å². The fraction of sp³-hybridized carbons (Fsp3) is 0.706. The predicted octanol–water partition coefficient (Wildman–Crippen LogP) is 0.870. The molecule has 1 aromatic rings. The maximum Gasteiger partial charge on any atom is 0.174 e. The number of halogens is 1. The van der Waals surface area contributed by atoms with Crippen molar-refractivity contribution in [3.8, 4) is 0 Å². The highest BCUT2D eigenvalue weighted by molar-refractivity contribution is 4.83. The third kappa shape index (κ3) is 10.2. The topological polar surface area (TPSA) is 24.1 Å². The third-order valence-corrected chi connectivity index (χ3v) is 3.59. The van der Waals surface area contributed by atoms with E-state index in [4.69, 9.17) is 0 Å². The van der Waals surface area contributed by atoms with Crippen molar-refractivity contribution in [3.05, 3.63) is 30.6 Å². The molecule has 116 valence electrons. The van der Waals surface area contributed by atoms with Crippen LogP contribution in [0.4, 0.5) is 0 Å². The van der Waals surface area contributed by atoms with E-state index >= 15 is 0 Å². The van der Waals surface area contributed by atoms with Gasteiger partial charge in [0.1, 0.15) is 6.10 Å². The van der Waals surface area contributed by atoms with E-state index in [1.807, 2.05) is 30.6 Å². The molecule has 2 nitrogen and oxygen atoms in total. The van der Waals surface area contributed by atoms with Crippen LogP contribution in [0, 0.1) is 0 Å². The standard InChI is InChI=1S/C17H30NO.ClH/c1-2-3-4-5-6-7-8-10-13-17(19)16-18-14-11-9-12-15-18;/h9,11-12,14-15,17,19H,2-8,10,13,16H2,1H3;1H/q+1;/p-1. The molecule has 0 aliphatic rings. The van der Waals surface area contributed by atoms with Crippen molar-refractivity contribution in [2.24, 2.45) is 0 Å². The Morgan fingerprint density at radius 3 is 2.00 bits per heavy atom. The maximum atomic E-state index is 9.95. The van der Waals surface area contributed by atoms with Gasteiger partial charge in [0.05, 0.1) is 0 Å². The highest BCUT2D eigenvalue weighted by Crippen LogP contribution is 2.10. The van der Waals surface area contributed by atoms with Gasteiger partial charge in [-0.05, 0) is 6.42 Å². The van der Waals surface area contributed by atoms with Gasteiger partial charge in [-0.15, -0.1) is 0 Å². The quantitative estimate of drug-likeness (QED) is 0.476. The number of unbranched alkanes of at least 4 members (excludes halogenated alkanes) is 7. The van der Waals surface area contributed by atoms with Crippen LogP contribution < -0.4 is 17.0 Å². The van der Waals surface area contributed by atoms with Crippen molar-refractivity contribution in [3.63, 3.8) is 0 Å². The predicted molar refractivity (Wildman–Crippen MR) is 79.9 cm³/mol. The molecule has 3 heteroatoms. The largest absolute Gasteiger partial charge is 1.00 e. The summed E-state index contributed by atoms with van der Waals surface area (Å²) < 4.78 is 2.05. The van der Waals surface area contributed by atoms with Crippen molar-refractivity contribution in [2.75, 3.05) is 0 Å². The number of hydrogen-bond donors (Lipinski definition) is 1. The first-order valence-corrected chi connectivity index (χ1v) is 7.95. The van der Waals surface area contributed by atoms with E-state index in [1.165, 1.54) is 44.9 Å². The molecule has 0 aliphatic heterocycles. The number of pyridine rings is 1. The Labute approximate surface area is 130 Å². The van der Waals surface area contributed by atoms with Crippen LogP contribution in [0.1, 0.15) is 64.7 Å². The van der Waals surface area contributed by atoms with Gasteiger partial charge in [0.2, 0.25) is 0 Å². The van der Waals surface area contributed by atoms with Crippen molar-refractivity contribution in [1.29, 1.82) is 0 Å². The molecule has 0 aromatic carbocycles. The molecular formula is C17H30ClNO. The van der Waals surface area contributed by atoms with Gasteiger partial charge in [0.15, 0.2) is 18.9 Å². The van der Waals surface area contributed by atoms with Crippen molar-refractivity contribution >= 4 is 0 Å². The van der Waals surface area contributed by atoms with E-state index in [-0.39, 0.29) is 18.5 Å². The Kier molecular flexibility index (Phi) is 13.0. The number of aliphatic hydroxyl groups is 1. The summed E-state index contributed by atoms with van der Waals surface area (Å²) in [5.41, 5.74) is 0. The lowest BCUT2D eigenvalue weighted by Gasteiger charge is -2.07. The summed E-state index contributed by atoms with van der Waals surface area (Å²) in [7, 11) is 0. The molecule has 0 aliphatic carbocycles. The zero-order chi connectivity index (χ0) is 13.8. The van der Waals surface area contributed by atoms with Crippen LogP contribution in [-0.4, -0.2) is 11.2 Å². The van der Waals surface area contributed by atoms with Crippen LogP contribution in [0.2, 0.25) is 0 Å². The zero-order valence-electron chi connectivity index (χ0n) is 12.8. The van der Waals surface area contributed by atoms with Crippen LogP contribution >= 0.6 is 0 Å². The van der Waals surface area contributed by atoms with Crippen LogP contribution in [0.3, 0.4) is 0 Å². The number of aliphatic hydroxyl groups excluding tert-OH is 1. The number of rotatable bonds is 11. The average Bonchev–Trinajstić information content (AvgIpc) is 2.43. The van der Waals surface area contributed by atoms with E-state index in [1.54, 1.807) is 0 Å². The Bertz CT molecular complexity index is 305. The van der Waals surface area contributed by atoms with E-state index in [0.29, 0.717) is 0 Å². The molecule has 0 spiro atoms. The van der Waals surface area contributed by atoms with Gasteiger partial charge in [-0.1, -0.05) is 64.4 Å². The molecule has 0 bridgehead atoms. The molecule has 0 saturated carbocycles. The molecule has 1 N–H and O–H groups in total. The molecule has 0 saturated heterocycles. The van der Waals surface area contributed by atoms with Gasteiger partial charge in [-0.3, -0.25) is 0 Å². The highest BCUT2D eigenvalue weighted by atomic mass is 35.5. The first kappa shape index (κ1) is 19.4. The van der Waals surface area contributed by atoms with E-state index in [9.17, 15) is 5.11 Å². The first-order valence-electron chi connectivity index (χ1n) is 7.95. The first-order chi connectivity index (χ1) is 9.33. The highest BCUT2D eigenvalue weighted by Gasteiger charge is 2.09. The van der Waals surface area contributed by atoms with Crippen molar-refractivity contribution in [1.82, 2.24) is 0 Å².